The van der Waals surface area contributed by atoms with Crippen LogP contribution in [0.2, 0.25) is 5.02 Å². The highest BCUT2D eigenvalue weighted by Gasteiger charge is 2.19. The molecule has 0 amide bonds. The highest BCUT2D eigenvalue weighted by atomic mass is 35.5. The number of aromatic nitrogens is 2. The lowest BCUT2D eigenvalue weighted by molar-refractivity contribution is 0.594. The molecule has 1 heterocycles. The number of hydrogen-bond acceptors (Lipinski definition) is 3. The van der Waals surface area contributed by atoms with Crippen LogP contribution in [-0.2, 0) is 5.41 Å². The molecule has 0 aliphatic carbocycles. The summed E-state index contributed by atoms with van der Waals surface area (Å²) in [5.74, 6) is 0. The van der Waals surface area contributed by atoms with Gasteiger partial charge >= 0.3 is 0 Å². The van der Waals surface area contributed by atoms with Crippen molar-refractivity contribution in [2.45, 2.75) is 26.2 Å². The predicted molar refractivity (Wildman–Crippen MR) is 61.1 cm³/mol. The predicted octanol–water partition coefficient (Wildman–Crippen LogP) is 3.64. The number of hydrogen-bond donors (Lipinski definition) is 0. The van der Waals surface area contributed by atoms with E-state index in [2.05, 4.69) is 30.4 Å². The van der Waals surface area contributed by atoms with Gasteiger partial charge in [-0.3, -0.25) is 0 Å². The van der Waals surface area contributed by atoms with E-state index in [1.54, 1.807) is 0 Å². The Kier molecular flexibility index (Phi) is 2.24. The van der Waals surface area contributed by atoms with E-state index in [9.17, 15) is 0 Å². The van der Waals surface area contributed by atoms with E-state index in [1.165, 1.54) is 11.5 Å². The van der Waals surface area contributed by atoms with Crippen molar-refractivity contribution in [3.8, 4) is 0 Å². The van der Waals surface area contributed by atoms with Crippen LogP contribution in [0.4, 0.5) is 0 Å². The van der Waals surface area contributed by atoms with Crippen LogP contribution in [0.5, 0.6) is 0 Å². The summed E-state index contributed by atoms with van der Waals surface area (Å²) in [7, 11) is 0. The summed E-state index contributed by atoms with van der Waals surface area (Å²) in [5, 5.41) is 4.89. The van der Waals surface area contributed by atoms with E-state index in [1.807, 2.05) is 12.1 Å². The van der Waals surface area contributed by atoms with Gasteiger partial charge in [0.25, 0.3) is 0 Å². The molecule has 2 rings (SSSR count). The molecule has 0 saturated heterocycles. The van der Waals surface area contributed by atoms with Crippen molar-refractivity contribution >= 4 is 33.4 Å². The maximum absolute atomic E-state index is 6.04. The monoisotopic (exact) mass is 226 g/mol. The van der Waals surface area contributed by atoms with Crippen LogP contribution in [0.1, 0.15) is 26.3 Å². The zero-order valence-electron chi connectivity index (χ0n) is 8.34. The number of rotatable bonds is 0. The number of halogens is 1. The van der Waals surface area contributed by atoms with Crippen LogP contribution in [0.25, 0.3) is 10.2 Å². The molecule has 0 saturated carbocycles. The second-order valence-corrected chi connectivity index (χ2v) is 5.55. The normalized spacial score (nSPS) is 12.3. The van der Waals surface area contributed by atoms with E-state index in [0.29, 0.717) is 0 Å². The first-order valence-electron chi connectivity index (χ1n) is 4.40. The van der Waals surface area contributed by atoms with Gasteiger partial charge in [0, 0.05) is 5.02 Å². The molecule has 0 spiro atoms. The molecule has 4 heteroatoms. The van der Waals surface area contributed by atoms with Crippen molar-refractivity contribution in [1.82, 2.24) is 9.59 Å². The molecule has 0 atom stereocenters. The lowest BCUT2D eigenvalue weighted by Crippen LogP contribution is -2.11. The smallest absolute Gasteiger partial charge is 0.109 e. The minimum Gasteiger partial charge on any atom is -0.138 e. The summed E-state index contributed by atoms with van der Waals surface area (Å²) < 4.78 is 5.01. The van der Waals surface area contributed by atoms with Gasteiger partial charge in [0.05, 0.1) is 4.70 Å². The molecule has 0 fully saturated rings. The van der Waals surface area contributed by atoms with Gasteiger partial charge in [-0.05, 0) is 34.6 Å². The van der Waals surface area contributed by atoms with Crippen molar-refractivity contribution in [3.63, 3.8) is 0 Å². The van der Waals surface area contributed by atoms with E-state index < -0.39 is 0 Å². The molecule has 1 aromatic carbocycles. The van der Waals surface area contributed by atoms with Crippen molar-refractivity contribution < 1.29 is 0 Å². The summed E-state index contributed by atoms with van der Waals surface area (Å²) in [5.41, 5.74) is 2.19. The van der Waals surface area contributed by atoms with Crippen LogP contribution in [-0.4, -0.2) is 9.59 Å². The third kappa shape index (κ3) is 1.62. The topological polar surface area (TPSA) is 25.8 Å². The van der Waals surface area contributed by atoms with Gasteiger partial charge in [-0.1, -0.05) is 36.9 Å². The molecule has 2 aromatic rings. The molecule has 0 N–H and O–H groups in total. The number of benzene rings is 1. The molecule has 0 unspecified atom stereocenters. The van der Waals surface area contributed by atoms with E-state index >= 15 is 0 Å². The van der Waals surface area contributed by atoms with Gasteiger partial charge in [-0.2, -0.15) is 0 Å². The average molecular weight is 227 g/mol. The fraction of sp³-hybridized carbons (Fsp3) is 0.400. The quantitative estimate of drug-likeness (QED) is 0.686. The van der Waals surface area contributed by atoms with Gasteiger partial charge in [-0.25, -0.2) is 0 Å². The lowest BCUT2D eigenvalue weighted by atomic mass is 9.86. The highest BCUT2D eigenvalue weighted by Crippen LogP contribution is 2.32. The maximum atomic E-state index is 6.04. The molecule has 0 aliphatic heterocycles. The minimum absolute atomic E-state index is 0.0545. The first kappa shape index (κ1) is 9.87. The first-order chi connectivity index (χ1) is 6.48. The Morgan fingerprint density at radius 1 is 1.29 bits per heavy atom. The fourth-order valence-corrected chi connectivity index (χ4v) is 2.33. The van der Waals surface area contributed by atoms with Crippen molar-refractivity contribution in [2.75, 3.05) is 0 Å². The first-order valence-corrected chi connectivity index (χ1v) is 5.56. The summed E-state index contributed by atoms with van der Waals surface area (Å²) in [6.07, 6.45) is 0. The molecule has 14 heavy (non-hydrogen) atoms. The third-order valence-electron chi connectivity index (χ3n) is 2.13. The Bertz CT molecular complexity index is 470. The highest BCUT2D eigenvalue weighted by molar-refractivity contribution is 7.13. The molecule has 74 valence electrons. The Balaban J connectivity index is 2.80. The summed E-state index contributed by atoms with van der Waals surface area (Å²) in [6.45, 7) is 6.45. The standard InChI is InChI=1S/C10H11ClN2S/c1-10(2,3)7-4-6(11)5-8-9(7)12-13-14-8/h4-5H,1-3H3. The van der Waals surface area contributed by atoms with Crippen LogP contribution < -0.4 is 0 Å². The van der Waals surface area contributed by atoms with Crippen LogP contribution in [0, 0.1) is 0 Å². The SMILES string of the molecule is CC(C)(C)c1cc(Cl)cc2snnc12. The number of nitrogens with zero attached hydrogens (tertiary/aromatic N) is 2. The fourth-order valence-electron chi connectivity index (χ4n) is 1.42. The molecule has 0 aliphatic rings. The minimum atomic E-state index is 0.0545. The molecule has 0 bridgehead atoms. The molecule has 0 radical (unpaired) electrons. The summed E-state index contributed by atoms with van der Waals surface area (Å²) in [6, 6.07) is 3.89. The second kappa shape index (κ2) is 3.17. The van der Waals surface area contributed by atoms with Crippen molar-refractivity contribution in [3.05, 3.63) is 22.7 Å². The Labute approximate surface area is 92.1 Å². The summed E-state index contributed by atoms with van der Waals surface area (Å²) >= 11 is 7.42. The average Bonchev–Trinajstić information content (AvgIpc) is 2.47. The Hall–Kier alpha value is -0.670. The van der Waals surface area contributed by atoms with E-state index in [0.717, 1.165) is 20.8 Å². The van der Waals surface area contributed by atoms with Gasteiger partial charge in [-0.15, -0.1) is 5.10 Å². The Morgan fingerprint density at radius 3 is 2.64 bits per heavy atom. The van der Waals surface area contributed by atoms with Crippen LogP contribution in [0.15, 0.2) is 12.1 Å². The van der Waals surface area contributed by atoms with Crippen molar-refractivity contribution in [1.29, 1.82) is 0 Å². The largest absolute Gasteiger partial charge is 0.138 e. The lowest BCUT2D eigenvalue weighted by Gasteiger charge is -2.19. The number of fused-ring (bicyclic) bond motifs is 1. The molecular formula is C10H11ClN2S. The van der Waals surface area contributed by atoms with E-state index in [-0.39, 0.29) is 5.41 Å². The maximum Gasteiger partial charge on any atom is 0.109 e. The van der Waals surface area contributed by atoms with Crippen LogP contribution in [0.3, 0.4) is 0 Å². The van der Waals surface area contributed by atoms with Crippen molar-refractivity contribution in [2.24, 2.45) is 0 Å². The second-order valence-electron chi connectivity index (χ2n) is 4.32. The summed E-state index contributed by atoms with van der Waals surface area (Å²) in [4.78, 5) is 0. The Morgan fingerprint density at radius 2 is 2.00 bits per heavy atom. The van der Waals surface area contributed by atoms with Gasteiger partial charge < -0.3 is 0 Å². The van der Waals surface area contributed by atoms with Gasteiger partial charge in [0.2, 0.25) is 0 Å². The van der Waals surface area contributed by atoms with Gasteiger partial charge in [0.15, 0.2) is 0 Å². The van der Waals surface area contributed by atoms with Crippen LogP contribution >= 0.6 is 23.1 Å². The molecule has 2 nitrogen and oxygen atoms in total. The molecular weight excluding hydrogens is 216 g/mol. The van der Waals surface area contributed by atoms with E-state index in [4.69, 9.17) is 11.6 Å². The zero-order chi connectivity index (χ0) is 10.3. The van der Waals surface area contributed by atoms with Gasteiger partial charge in [0.1, 0.15) is 5.52 Å². The molecule has 1 aromatic heterocycles. The third-order valence-corrected chi connectivity index (χ3v) is 3.02. The zero-order valence-corrected chi connectivity index (χ0v) is 9.91.